The summed E-state index contributed by atoms with van der Waals surface area (Å²) < 4.78 is 0. The molecule has 1 atom stereocenters. The predicted octanol–water partition coefficient (Wildman–Crippen LogP) is 2.53. The normalized spacial score (nSPS) is 22.0. The van der Waals surface area contributed by atoms with Crippen molar-refractivity contribution in [3.05, 3.63) is 53.7 Å². The Hall–Kier alpha value is -1.44. The van der Waals surface area contributed by atoms with Gasteiger partial charge < -0.3 is 4.81 Å². The van der Waals surface area contributed by atoms with E-state index in [1.54, 1.807) is 0 Å². The molecule has 1 aromatic rings. The fourth-order valence-corrected chi connectivity index (χ4v) is 3.17. The van der Waals surface area contributed by atoms with Crippen LogP contribution in [0.4, 0.5) is 0 Å². The van der Waals surface area contributed by atoms with Gasteiger partial charge in [0.05, 0.1) is 0 Å². The summed E-state index contributed by atoms with van der Waals surface area (Å²) in [5.41, 5.74) is 4.42. The fraction of sp³-hybridized carbons (Fsp3) is 0.333. The van der Waals surface area contributed by atoms with Gasteiger partial charge >= 0.3 is 6.85 Å². The van der Waals surface area contributed by atoms with Crippen LogP contribution in [0.5, 0.6) is 0 Å². The summed E-state index contributed by atoms with van der Waals surface area (Å²) in [4.78, 5) is 2.59. The number of nitrogens with zero attached hydrogens (tertiary/aromatic N) is 1. The van der Waals surface area contributed by atoms with Gasteiger partial charge in [0.2, 0.25) is 0 Å². The number of hydrogen-bond donors (Lipinski definition) is 0. The van der Waals surface area contributed by atoms with Crippen LogP contribution < -0.4 is 5.46 Å². The largest absolute Gasteiger partial charge is 0.408 e. The molecule has 2 aliphatic rings. The van der Waals surface area contributed by atoms with Crippen LogP contribution in [0.3, 0.4) is 0 Å². The number of fused-ring (bicyclic) bond motifs is 3. The van der Waals surface area contributed by atoms with Crippen LogP contribution >= 0.6 is 0 Å². The molecule has 0 N–H and O–H groups in total. The Kier molecular flexibility index (Phi) is 2.58. The Morgan fingerprint density at radius 2 is 2.18 bits per heavy atom. The third-order valence-corrected chi connectivity index (χ3v) is 4.03. The Morgan fingerprint density at radius 3 is 3.00 bits per heavy atom. The minimum Gasteiger partial charge on any atom is -0.408 e. The maximum Gasteiger partial charge on any atom is 0.316 e. The first-order chi connectivity index (χ1) is 8.31. The number of hydrogen-bond acceptors (Lipinski definition) is 1. The van der Waals surface area contributed by atoms with E-state index >= 15 is 0 Å². The zero-order chi connectivity index (χ0) is 11.8. The minimum atomic E-state index is 0.454. The first-order valence-electron chi connectivity index (χ1n) is 6.52. The number of benzene rings is 1. The third-order valence-electron chi connectivity index (χ3n) is 4.03. The SMILES string of the molecule is CCC1Cc2ccccc2B2C=CC=C(C)N21. The summed E-state index contributed by atoms with van der Waals surface area (Å²) in [5, 5.41) is 0. The fourth-order valence-electron chi connectivity index (χ4n) is 3.17. The lowest BCUT2D eigenvalue weighted by Crippen LogP contribution is -2.57. The maximum absolute atomic E-state index is 2.59. The summed E-state index contributed by atoms with van der Waals surface area (Å²) in [7, 11) is 0. The van der Waals surface area contributed by atoms with Gasteiger partial charge in [-0.05, 0) is 42.6 Å². The van der Waals surface area contributed by atoms with Crippen molar-refractivity contribution in [1.29, 1.82) is 0 Å². The van der Waals surface area contributed by atoms with Crippen LogP contribution in [0, 0.1) is 0 Å². The van der Waals surface area contributed by atoms with Crippen molar-refractivity contribution in [3.63, 3.8) is 0 Å². The molecular formula is C15H18BN. The molecule has 0 amide bonds. The summed E-state index contributed by atoms with van der Waals surface area (Å²) in [5.74, 6) is 2.33. The highest BCUT2D eigenvalue weighted by atomic mass is 15.1. The van der Waals surface area contributed by atoms with E-state index in [9.17, 15) is 0 Å². The topological polar surface area (TPSA) is 3.24 Å². The monoisotopic (exact) mass is 223 g/mol. The molecule has 1 unspecified atom stereocenters. The second-order valence-electron chi connectivity index (χ2n) is 5.01. The van der Waals surface area contributed by atoms with Crippen LogP contribution in [-0.2, 0) is 6.42 Å². The molecule has 86 valence electrons. The van der Waals surface area contributed by atoms with E-state index in [1.807, 2.05) is 0 Å². The predicted molar refractivity (Wildman–Crippen MR) is 74.3 cm³/mol. The zero-order valence-electron chi connectivity index (χ0n) is 10.6. The Balaban J connectivity index is 2.10. The summed E-state index contributed by atoms with van der Waals surface area (Å²) in [6.45, 7) is 4.98. The molecule has 2 heterocycles. The summed E-state index contributed by atoms with van der Waals surface area (Å²) >= 11 is 0. The molecule has 0 aromatic heterocycles. The van der Waals surface area contributed by atoms with Gasteiger partial charge in [0, 0.05) is 6.04 Å². The third kappa shape index (κ3) is 1.63. The molecule has 0 saturated heterocycles. The average molecular weight is 223 g/mol. The molecular weight excluding hydrogens is 205 g/mol. The van der Waals surface area contributed by atoms with Gasteiger partial charge in [0.25, 0.3) is 0 Å². The quantitative estimate of drug-likeness (QED) is 0.661. The van der Waals surface area contributed by atoms with Crippen molar-refractivity contribution in [2.24, 2.45) is 0 Å². The highest BCUT2D eigenvalue weighted by Crippen LogP contribution is 2.26. The van der Waals surface area contributed by atoms with Gasteiger partial charge in [-0.3, -0.25) is 0 Å². The lowest BCUT2D eigenvalue weighted by molar-refractivity contribution is 0.369. The Labute approximate surface area is 104 Å². The van der Waals surface area contributed by atoms with E-state index in [-0.39, 0.29) is 0 Å². The van der Waals surface area contributed by atoms with Crippen molar-refractivity contribution < 1.29 is 0 Å². The van der Waals surface area contributed by atoms with Crippen LogP contribution in [0.15, 0.2) is 48.1 Å². The second kappa shape index (κ2) is 4.10. The van der Waals surface area contributed by atoms with Crippen LogP contribution in [0.25, 0.3) is 0 Å². The molecule has 0 radical (unpaired) electrons. The Bertz CT molecular complexity index is 489. The molecule has 0 bridgehead atoms. The van der Waals surface area contributed by atoms with Crippen molar-refractivity contribution in [2.75, 3.05) is 0 Å². The van der Waals surface area contributed by atoms with Gasteiger partial charge in [0.15, 0.2) is 0 Å². The molecule has 2 heteroatoms. The standard InChI is InChI=1S/C15H18BN/c1-3-14-11-13-8-4-5-9-15(13)16-10-6-7-12(2)17(14)16/h4-10,14H,3,11H2,1-2H3. The summed E-state index contributed by atoms with van der Waals surface area (Å²) in [6, 6.07) is 9.54. The van der Waals surface area contributed by atoms with E-state index in [0.717, 1.165) is 0 Å². The molecule has 0 saturated carbocycles. The van der Waals surface area contributed by atoms with Crippen LogP contribution in [0.2, 0.25) is 0 Å². The molecule has 3 rings (SSSR count). The van der Waals surface area contributed by atoms with E-state index < -0.39 is 0 Å². The molecule has 1 nitrogen and oxygen atoms in total. The highest BCUT2D eigenvalue weighted by Gasteiger charge is 2.35. The molecule has 2 aliphatic heterocycles. The van der Waals surface area contributed by atoms with Crippen LogP contribution in [0.1, 0.15) is 25.8 Å². The molecule has 17 heavy (non-hydrogen) atoms. The first kappa shape index (κ1) is 10.7. The molecule has 0 spiro atoms. The highest BCUT2D eigenvalue weighted by molar-refractivity contribution is 6.76. The van der Waals surface area contributed by atoms with E-state index in [4.69, 9.17) is 0 Å². The van der Waals surface area contributed by atoms with Crippen LogP contribution in [-0.4, -0.2) is 17.7 Å². The smallest absolute Gasteiger partial charge is 0.316 e. The molecule has 0 aliphatic carbocycles. The first-order valence-corrected chi connectivity index (χ1v) is 6.52. The number of allylic oxidation sites excluding steroid dienone is 3. The lowest BCUT2D eigenvalue weighted by Gasteiger charge is -2.44. The minimum absolute atomic E-state index is 0.454. The van der Waals surface area contributed by atoms with Gasteiger partial charge in [-0.2, -0.15) is 0 Å². The lowest BCUT2D eigenvalue weighted by atomic mass is 9.48. The Morgan fingerprint density at radius 1 is 1.35 bits per heavy atom. The maximum atomic E-state index is 2.59. The van der Waals surface area contributed by atoms with Gasteiger partial charge in [-0.25, -0.2) is 0 Å². The van der Waals surface area contributed by atoms with E-state index in [1.165, 1.54) is 29.6 Å². The zero-order valence-corrected chi connectivity index (χ0v) is 10.6. The van der Waals surface area contributed by atoms with Gasteiger partial charge in [0.1, 0.15) is 0 Å². The van der Waals surface area contributed by atoms with Crippen molar-refractivity contribution in [1.82, 2.24) is 4.81 Å². The van der Waals surface area contributed by atoms with Crippen molar-refractivity contribution in [2.45, 2.75) is 32.7 Å². The van der Waals surface area contributed by atoms with Gasteiger partial charge in [-0.1, -0.05) is 43.2 Å². The number of rotatable bonds is 1. The van der Waals surface area contributed by atoms with E-state index in [2.05, 4.69) is 61.1 Å². The van der Waals surface area contributed by atoms with Crippen molar-refractivity contribution >= 4 is 12.3 Å². The van der Waals surface area contributed by atoms with Gasteiger partial charge in [-0.15, -0.1) is 0 Å². The summed E-state index contributed by atoms with van der Waals surface area (Å²) in [6.07, 6.45) is 6.82. The average Bonchev–Trinajstić information content (AvgIpc) is 2.38. The second-order valence-corrected chi connectivity index (χ2v) is 5.01. The molecule has 1 aromatic carbocycles. The van der Waals surface area contributed by atoms with Crippen molar-refractivity contribution in [3.8, 4) is 0 Å². The molecule has 0 fully saturated rings. The van der Waals surface area contributed by atoms with E-state index in [0.29, 0.717) is 12.9 Å².